The molecular formula is C29H29F8NO2. The van der Waals surface area contributed by atoms with Gasteiger partial charge in [-0.2, -0.15) is 26.3 Å². The SMILES string of the molecule is COC(=O)C[C@@H]1[C@@H](c2ccc(C(F)(F)F)cc2)N([C@H](C#CC(C)(C)C)c2ccc(C(F)(F)F)cc2)CCC1(F)F. The number of nitrogens with zero attached hydrogens (tertiary/aromatic N) is 1. The van der Waals surface area contributed by atoms with Crippen molar-refractivity contribution in [3.63, 3.8) is 0 Å². The summed E-state index contributed by atoms with van der Waals surface area (Å²) in [5.74, 6) is -0.0294. The minimum absolute atomic E-state index is 0.0794. The van der Waals surface area contributed by atoms with Gasteiger partial charge in [0.2, 0.25) is 0 Å². The number of carbonyl (C=O) groups is 1. The number of likely N-dealkylation sites (tertiary alicyclic amines) is 1. The molecule has 1 heterocycles. The van der Waals surface area contributed by atoms with E-state index >= 15 is 8.78 Å². The highest BCUT2D eigenvalue weighted by atomic mass is 19.4. The normalized spacial score (nSPS) is 20.8. The molecule has 2 aromatic carbocycles. The zero-order chi connectivity index (χ0) is 30.1. The standard InChI is InChI=1S/C29H29F8NO2/c1-26(2,3)14-13-23(18-5-9-20(10-6-18)28(32,33)34)38-16-15-27(30,31)22(17-24(39)40-4)25(38)19-7-11-21(12-8-19)29(35,36)37/h5-12,22-23,25H,15-17H2,1-4H3/t22-,23-,25-/m1/s1. The fraction of sp³-hybridized carbons (Fsp3) is 0.483. The van der Waals surface area contributed by atoms with Crippen molar-refractivity contribution in [1.82, 2.24) is 4.90 Å². The highest BCUT2D eigenvalue weighted by molar-refractivity contribution is 5.69. The molecule has 1 aliphatic rings. The lowest BCUT2D eigenvalue weighted by Gasteiger charge is -2.47. The van der Waals surface area contributed by atoms with E-state index in [1.165, 1.54) is 17.0 Å². The van der Waals surface area contributed by atoms with Crippen LogP contribution in [0.1, 0.15) is 68.0 Å². The summed E-state index contributed by atoms with van der Waals surface area (Å²) in [5, 5.41) is 0. The van der Waals surface area contributed by atoms with Crippen LogP contribution in [0.5, 0.6) is 0 Å². The fourth-order valence-corrected chi connectivity index (χ4v) is 4.67. The molecular weight excluding hydrogens is 546 g/mol. The van der Waals surface area contributed by atoms with Crippen molar-refractivity contribution in [2.45, 2.75) is 64.0 Å². The molecule has 0 radical (unpaired) electrons. The van der Waals surface area contributed by atoms with Crippen LogP contribution in [0.15, 0.2) is 48.5 Å². The Hall–Kier alpha value is -3.13. The Morgan fingerprint density at radius 1 is 0.950 bits per heavy atom. The van der Waals surface area contributed by atoms with Crippen molar-refractivity contribution in [2.24, 2.45) is 11.3 Å². The third-order valence-corrected chi connectivity index (χ3v) is 6.65. The molecule has 0 amide bonds. The topological polar surface area (TPSA) is 29.5 Å². The van der Waals surface area contributed by atoms with Gasteiger partial charge in [0.15, 0.2) is 0 Å². The van der Waals surface area contributed by atoms with E-state index in [1.807, 2.05) is 0 Å². The maximum Gasteiger partial charge on any atom is 0.416 e. The first-order chi connectivity index (χ1) is 18.3. The average Bonchev–Trinajstić information content (AvgIpc) is 2.84. The van der Waals surface area contributed by atoms with Gasteiger partial charge >= 0.3 is 18.3 Å². The summed E-state index contributed by atoms with van der Waals surface area (Å²) < 4.78 is 115. The first-order valence-corrected chi connectivity index (χ1v) is 12.4. The molecule has 218 valence electrons. The van der Waals surface area contributed by atoms with Gasteiger partial charge in [0.1, 0.15) is 0 Å². The molecule has 1 saturated heterocycles. The van der Waals surface area contributed by atoms with Crippen molar-refractivity contribution in [2.75, 3.05) is 13.7 Å². The Kier molecular flexibility index (Phi) is 8.94. The van der Waals surface area contributed by atoms with Crippen LogP contribution in [-0.2, 0) is 21.9 Å². The molecule has 1 aliphatic heterocycles. The maximum atomic E-state index is 15.4. The van der Waals surface area contributed by atoms with Gasteiger partial charge in [0.05, 0.1) is 36.6 Å². The van der Waals surface area contributed by atoms with E-state index in [4.69, 9.17) is 0 Å². The molecule has 3 rings (SSSR count). The highest BCUT2D eigenvalue weighted by Gasteiger charge is 2.53. The Morgan fingerprint density at radius 3 is 1.90 bits per heavy atom. The number of hydrogen-bond donors (Lipinski definition) is 0. The lowest BCUT2D eigenvalue weighted by atomic mass is 9.78. The Balaban J connectivity index is 2.21. The highest BCUT2D eigenvalue weighted by Crippen LogP contribution is 2.50. The van der Waals surface area contributed by atoms with Crippen LogP contribution in [0, 0.1) is 23.2 Å². The summed E-state index contributed by atoms with van der Waals surface area (Å²) >= 11 is 0. The van der Waals surface area contributed by atoms with Crippen LogP contribution in [0.2, 0.25) is 0 Å². The van der Waals surface area contributed by atoms with Gasteiger partial charge in [-0.25, -0.2) is 8.78 Å². The summed E-state index contributed by atoms with van der Waals surface area (Å²) in [5.41, 5.74) is -2.10. The summed E-state index contributed by atoms with van der Waals surface area (Å²) in [7, 11) is 1.04. The predicted octanol–water partition coefficient (Wildman–Crippen LogP) is 8.08. The van der Waals surface area contributed by atoms with E-state index in [9.17, 15) is 31.1 Å². The van der Waals surface area contributed by atoms with E-state index in [0.29, 0.717) is 0 Å². The number of esters is 1. The van der Waals surface area contributed by atoms with Gasteiger partial charge in [0.25, 0.3) is 5.92 Å². The van der Waals surface area contributed by atoms with Crippen molar-refractivity contribution in [3.8, 4) is 11.8 Å². The number of alkyl halides is 8. The number of methoxy groups -OCH3 is 1. The summed E-state index contributed by atoms with van der Waals surface area (Å²) in [4.78, 5) is 13.7. The third kappa shape index (κ3) is 7.53. The molecule has 3 atom stereocenters. The average molecular weight is 576 g/mol. The number of rotatable bonds is 5. The molecule has 11 heteroatoms. The number of hydrogen-bond acceptors (Lipinski definition) is 3. The zero-order valence-electron chi connectivity index (χ0n) is 22.3. The van der Waals surface area contributed by atoms with Gasteiger partial charge in [0, 0.05) is 24.4 Å². The van der Waals surface area contributed by atoms with Crippen molar-refractivity contribution < 1.29 is 44.7 Å². The monoisotopic (exact) mass is 575 g/mol. The van der Waals surface area contributed by atoms with Gasteiger partial charge in [-0.3, -0.25) is 9.69 Å². The molecule has 0 spiro atoms. The molecule has 0 aliphatic carbocycles. The molecule has 0 unspecified atom stereocenters. The van der Waals surface area contributed by atoms with Gasteiger partial charge in [-0.05, 0) is 56.2 Å². The molecule has 0 saturated carbocycles. The van der Waals surface area contributed by atoms with Gasteiger partial charge < -0.3 is 4.74 Å². The molecule has 0 N–H and O–H groups in total. The lowest BCUT2D eigenvalue weighted by Crippen LogP contribution is -2.51. The molecule has 0 bridgehead atoms. The Morgan fingerprint density at radius 2 is 1.45 bits per heavy atom. The van der Waals surface area contributed by atoms with E-state index < -0.39 is 71.6 Å². The second-order valence-electron chi connectivity index (χ2n) is 10.7. The second-order valence-corrected chi connectivity index (χ2v) is 10.7. The van der Waals surface area contributed by atoms with Crippen LogP contribution in [0.25, 0.3) is 0 Å². The minimum atomic E-state index is -4.67. The minimum Gasteiger partial charge on any atom is -0.469 e. The molecule has 1 fully saturated rings. The fourth-order valence-electron chi connectivity index (χ4n) is 4.67. The summed E-state index contributed by atoms with van der Waals surface area (Å²) in [6.45, 7) is 5.09. The molecule has 40 heavy (non-hydrogen) atoms. The van der Waals surface area contributed by atoms with E-state index in [1.54, 1.807) is 20.8 Å². The summed E-state index contributed by atoms with van der Waals surface area (Å²) in [6, 6.07) is 5.50. The van der Waals surface area contributed by atoms with Crippen molar-refractivity contribution >= 4 is 5.97 Å². The first kappa shape index (κ1) is 31.4. The molecule has 0 aromatic heterocycles. The quantitative estimate of drug-likeness (QED) is 0.205. The molecule has 2 aromatic rings. The number of halogens is 8. The largest absolute Gasteiger partial charge is 0.469 e. The first-order valence-electron chi connectivity index (χ1n) is 12.4. The second kappa shape index (κ2) is 11.4. The number of piperidine rings is 1. The number of ether oxygens (including phenoxy) is 1. The van der Waals surface area contributed by atoms with E-state index in [-0.39, 0.29) is 17.7 Å². The Labute approximate surface area is 227 Å². The van der Waals surface area contributed by atoms with Crippen molar-refractivity contribution in [3.05, 3.63) is 70.8 Å². The van der Waals surface area contributed by atoms with Crippen LogP contribution >= 0.6 is 0 Å². The van der Waals surface area contributed by atoms with E-state index in [2.05, 4.69) is 16.6 Å². The smallest absolute Gasteiger partial charge is 0.416 e. The molecule has 3 nitrogen and oxygen atoms in total. The van der Waals surface area contributed by atoms with Crippen LogP contribution in [0.3, 0.4) is 0 Å². The lowest BCUT2D eigenvalue weighted by molar-refractivity contribution is -0.163. The van der Waals surface area contributed by atoms with Crippen molar-refractivity contribution in [1.29, 1.82) is 0 Å². The third-order valence-electron chi connectivity index (χ3n) is 6.65. The van der Waals surface area contributed by atoms with Crippen LogP contribution in [0.4, 0.5) is 35.1 Å². The van der Waals surface area contributed by atoms with Gasteiger partial charge in [-0.1, -0.05) is 36.1 Å². The van der Waals surface area contributed by atoms with E-state index in [0.717, 1.165) is 43.5 Å². The number of benzene rings is 2. The predicted molar refractivity (Wildman–Crippen MR) is 132 cm³/mol. The zero-order valence-corrected chi connectivity index (χ0v) is 22.3. The van der Waals surface area contributed by atoms with Crippen LogP contribution < -0.4 is 0 Å². The summed E-state index contributed by atoms with van der Waals surface area (Å²) in [6.07, 6.45) is -10.7. The number of carbonyl (C=O) groups excluding carboxylic acids is 1. The van der Waals surface area contributed by atoms with Crippen LogP contribution in [-0.4, -0.2) is 30.4 Å². The Bertz CT molecular complexity index is 1230. The maximum absolute atomic E-state index is 15.4. The van der Waals surface area contributed by atoms with Gasteiger partial charge in [-0.15, -0.1) is 0 Å².